The van der Waals surface area contributed by atoms with E-state index >= 15 is 0 Å². The SMILES string of the molecule is COc1ccc(S(=O)(=O)CCCC(=O)N(CCN2CCOCC2)c2nc3c(S(C)(=O)=O)cccc3s2)cc1.Cl. The molecule has 3 aromatic rings. The number of carbonyl (C=O) groups excluding carboxylic acids is 1. The van der Waals surface area contributed by atoms with Gasteiger partial charge in [0.1, 0.15) is 11.3 Å². The van der Waals surface area contributed by atoms with Crippen LogP contribution in [0.4, 0.5) is 5.13 Å². The van der Waals surface area contributed by atoms with Crippen molar-refractivity contribution in [3.8, 4) is 5.75 Å². The first kappa shape index (κ1) is 31.2. The third-order valence-corrected chi connectivity index (χ3v) is 10.3. The number of carbonyl (C=O) groups is 1. The Balaban J connectivity index is 0.00000420. The number of thiazole rings is 1. The lowest BCUT2D eigenvalue weighted by Crippen LogP contribution is -2.43. The highest BCUT2D eigenvalue weighted by atomic mass is 35.5. The molecule has 0 saturated carbocycles. The molecule has 4 rings (SSSR count). The summed E-state index contributed by atoms with van der Waals surface area (Å²) in [6.45, 7) is 3.68. The maximum atomic E-state index is 13.4. The number of ether oxygens (including phenoxy) is 2. The fourth-order valence-corrected chi connectivity index (χ4v) is 7.41. The molecule has 2 aromatic carbocycles. The Morgan fingerprint density at radius 1 is 1.10 bits per heavy atom. The van der Waals surface area contributed by atoms with Crippen LogP contribution in [0.1, 0.15) is 12.8 Å². The van der Waals surface area contributed by atoms with Gasteiger partial charge in [0.2, 0.25) is 5.91 Å². The highest BCUT2D eigenvalue weighted by Gasteiger charge is 2.24. The average Bonchev–Trinajstić information content (AvgIpc) is 3.32. The van der Waals surface area contributed by atoms with Gasteiger partial charge in [-0.1, -0.05) is 17.4 Å². The van der Waals surface area contributed by atoms with Gasteiger partial charge in [-0.05, 0) is 42.8 Å². The first-order valence-corrected chi connectivity index (χ1v) is 16.5. The van der Waals surface area contributed by atoms with E-state index in [0.29, 0.717) is 47.4 Å². The standard InChI is InChI=1S/C25H31N3O7S3.ClH/c1-34-19-8-10-20(11-9-19)38(32,33)18-4-7-23(29)28(13-12-27-14-16-35-17-15-27)25-26-24-21(36-25)5-3-6-22(24)37(2,30)31;/h3,5-6,8-11H,4,7,12-18H2,1-2H3;1H. The van der Waals surface area contributed by atoms with Crippen molar-refractivity contribution in [1.82, 2.24) is 9.88 Å². The van der Waals surface area contributed by atoms with Gasteiger partial charge < -0.3 is 9.47 Å². The predicted molar refractivity (Wildman–Crippen MR) is 154 cm³/mol. The molecule has 39 heavy (non-hydrogen) atoms. The Hall–Kier alpha value is -2.29. The van der Waals surface area contributed by atoms with Crippen LogP contribution in [0.25, 0.3) is 10.2 Å². The second-order valence-corrected chi connectivity index (χ2v) is 14.1. The Labute approximate surface area is 239 Å². The summed E-state index contributed by atoms with van der Waals surface area (Å²) in [5.74, 6) is 0.119. The van der Waals surface area contributed by atoms with E-state index in [1.54, 1.807) is 29.2 Å². The van der Waals surface area contributed by atoms with Crippen LogP contribution < -0.4 is 9.64 Å². The van der Waals surface area contributed by atoms with Crippen LogP contribution in [0.5, 0.6) is 5.75 Å². The third-order valence-electron chi connectivity index (χ3n) is 6.27. The molecule has 0 spiro atoms. The summed E-state index contributed by atoms with van der Waals surface area (Å²) < 4.78 is 61.3. The summed E-state index contributed by atoms with van der Waals surface area (Å²) in [4.78, 5) is 22.0. The largest absolute Gasteiger partial charge is 0.497 e. The number of methoxy groups -OCH3 is 1. The number of aromatic nitrogens is 1. The quantitative estimate of drug-likeness (QED) is 0.319. The van der Waals surface area contributed by atoms with Crippen molar-refractivity contribution in [2.75, 3.05) is 63.4 Å². The minimum Gasteiger partial charge on any atom is -0.497 e. The maximum absolute atomic E-state index is 13.4. The second-order valence-electron chi connectivity index (χ2n) is 8.97. The van der Waals surface area contributed by atoms with Crippen LogP contribution in [0.3, 0.4) is 0 Å². The lowest BCUT2D eigenvalue weighted by molar-refractivity contribution is -0.118. The average molecular weight is 618 g/mol. The van der Waals surface area contributed by atoms with E-state index in [4.69, 9.17) is 9.47 Å². The van der Waals surface area contributed by atoms with Crippen LogP contribution >= 0.6 is 23.7 Å². The number of hydrogen-bond acceptors (Lipinski definition) is 10. The molecule has 1 fully saturated rings. The number of para-hydroxylation sites is 1. The number of anilines is 1. The highest BCUT2D eigenvalue weighted by molar-refractivity contribution is 7.91. The molecule has 1 saturated heterocycles. The lowest BCUT2D eigenvalue weighted by Gasteiger charge is -2.29. The van der Waals surface area contributed by atoms with E-state index in [0.717, 1.165) is 19.3 Å². The zero-order valence-electron chi connectivity index (χ0n) is 21.7. The predicted octanol–water partition coefficient (Wildman–Crippen LogP) is 3.05. The molecule has 214 valence electrons. The molecule has 1 amide bonds. The fourth-order valence-electron chi connectivity index (χ4n) is 4.17. The Kier molecular flexibility index (Phi) is 10.7. The number of nitrogens with zero attached hydrogens (tertiary/aromatic N) is 3. The number of fused-ring (bicyclic) bond motifs is 1. The van der Waals surface area contributed by atoms with Gasteiger partial charge in [-0.2, -0.15) is 0 Å². The van der Waals surface area contributed by atoms with Gasteiger partial charge in [-0.15, -0.1) is 12.4 Å². The number of halogens is 1. The van der Waals surface area contributed by atoms with Gasteiger partial charge in [-0.25, -0.2) is 21.8 Å². The molecule has 1 aliphatic heterocycles. The zero-order chi connectivity index (χ0) is 27.3. The van der Waals surface area contributed by atoms with Crippen molar-refractivity contribution in [2.24, 2.45) is 0 Å². The fraction of sp³-hybridized carbons (Fsp3) is 0.440. The van der Waals surface area contributed by atoms with Crippen molar-refractivity contribution in [1.29, 1.82) is 0 Å². The van der Waals surface area contributed by atoms with Crippen molar-refractivity contribution >= 4 is 64.7 Å². The van der Waals surface area contributed by atoms with E-state index in [9.17, 15) is 21.6 Å². The molecular weight excluding hydrogens is 586 g/mol. The van der Waals surface area contributed by atoms with E-state index in [1.165, 1.54) is 36.6 Å². The molecular formula is C25H32ClN3O7S3. The number of morpholine rings is 1. The summed E-state index contributed by atoms with van der Waals surface area (Å²) in [6, 6.07) is 11.1. The number of amides is 1. The van der Waals surface area contributed by atoms with Crippen LogP contribution in [0.15, 0.2) is 52.3 Å². The van der Waals surface area contributed by atoms with Crippen molar-refractivity contribution < 1.29 is 31.1 Å². The van der Waals surface area contributed by atoms with Gasteiger partial charge in [0, 0.05) is 38.9 Å². The highest BCUT2D eigenvalue weighted by Crippen LogP contribution is 2.33. The van der Waals surface area contributed by atoms with E-state index in [1.807, 2.05) is 0 Å². The molecule has 14 heteroatoms. The molecule has 2 heterocycles. The Bertz CT molecular complexity index is 1490. The molecule has 0 N–H and O–H groups in total. The lowest BCUT2D eigenvalue weighted by atomic mass is 10.3. The molecule has 10 nitrogen and oxygen atoms in total. The molecule has 1 aromatic heterocycles. The Morgan fingerprint density at radius 3 is 2.44 bits per heavy atom. The smallest absolute Gasteiger partial charge is 0.228 e. The molecule has 0 radical (unpaired) electrons. The van der Waals surface area contributed by atoms with Gasteiger partial charge in [-0.3, -0.25) is 14.6 Å². The molecule has 0 atom stereocenters. The first-order chi connectivity index (χ1) is 18.1. The Morgan fingerprint density at radius 2 is 1.79 bits per heavy atom. The molecule has 0 bridgehead atoms. The van der Waals surface area contributed by atoms with E-state index < -0.39 is 19.7 Å². The van der Waals surface area contributed by atoms with Gasteiger partial charge in [0.15, 0.2) is 24.8 Å². The van der Waals surface area contributed by atoms with Crippen LogP contribution in [0.2, 0.25) is 0 Å². The van der Waals surface area contributed by atoms with E-state index in [2.05, 4.69) is 9.88 Å². The first-order valence-electron chi connectivity index (χ1n) is 12.2. The second kappa shape index (κ2) is 13.4. The van der Waals surface area contributed by atoms with Gasteiger partial charge in [0.25, 0.3) is 0 Å². The van der Waals surface area contributed by atoms with Crippen LogP contribution in [-0.2, 0) is 29.2 Å². The summed E-state index contributed by atoms with van der Waals surface area (Å²) in [6.07, 6.45) is 1.28. The monoisotopic (exact) mass is 617 g/mol. The van der Waals surface area contributed by atoms with Gasteiger partial charge in [0.05, 0.1) is 40.6 Å². The van der Waals surface area contributed by atoms with Crippen molar-refractivity contribution in [2.45, 2.75) is 22.6 Å². The molecule has 0 aliphatic carbocycles. The minimum atomic E-state index is -3.57. The number of benzene rings is 2. The van der Waals surface area contributed by atoms with Crippen molar-refractivity contribution in [3.05, 3.63) is 42.5 Å². The number of rotatable bonds is 11. The summed E-state index contributed by atoms with van der Waals surface area (Å²) in [5.41, 5.74) is 0.334. The maximum Gasteiger partial charge on any atom is 0.228 e. The minimum absolute atomic E-state index is 0. The topological polar surface area (TPSA) is 123 Å². The van der Waals surface area contributed by atoms with Crippen LogP contribution in [0, 0.1) is 0 Å². The number of sulfone groups is 2. The number of hydrogen-bond donors (Lipinski definition) is 0. The third kappa shape index (κ3) is 7.89. The summed E-state index contributed by atoms with van der Waals surface area (Å²) in [7, 11) is -5.57. The van der Waals surface area contributed by atoms with Crippen molar-refractivity contribution in [3.63, 3.8) is 0 Å². The molecule has 1 aliphatic rings. The molecule has 0 unspecified atom stereocenters. The van der Waals surface area contributed by atoms with Gasteiger partial charge >= 0.3 is 0 Å². The summed E-state index contributed by atoms with van der Waals surface area (Å²) in [5, 5.41) is 0.396. The normalized spacial score (nSPS) is 14.6. The zero-order valence-corrected chi connectivity index (χ0v) is 25.0. The van der Waals surface area contributed by atoms with Crippen LogP contribution in [-0.4, -0.2) is 91.1 Å². The summed E-state index contributed by atoms with van der Waals surface area (Å²) >= 11 is 1.25. The van der Waals surface area contributed by atoms with E-state index in [-0.39, 0.29) is 46.7 Å².